The van der Waals surface area contributed by atoms with Crippen LogP contribution < -0.4 is 16.4 Å². The number of aryl methyl sites for hydroxylation is 1. The summed E-state index contributed by atoms with van der Waals surface area (Å²) in [4.78, 5) is 23.1. The fourth-order valence-electron chi connectivity index (χ4n) is 4.11. The first-order chi connectivity index (χ1) is 17.0. The predicted octanol–water partition coefficient (Wildman–Crippen LogP) is 3.81. The lowest BCUT2D eigenvalue weighted by Crippen LogP contribution is -2.36. The van der Waals surface area contributed by atoms with Crippen molar-refractivity contribution in [3.05, 3.63) is 65.2 Å². The summed E-state index contributed by atoms with van der Waals surface area (Å²) in [6.07, 6.45) is 3.09. The summed E-state index contributed by atoms with van der Waals surface area (Å²) in [5.74, 6) is 0.838. The summed E-state index contributed by atoms with van der Waals surface area (Å²) in [6, 6.07) is 10.7. The molecule has 5 rings (SSSR count). The van der Waals surface area contributed by atoms with Crippen LogP contribution in [0.5, 0.6) is 0 Å². The maximum Gasteiger partial charge on any atom is 0.324 e. The minimum absolute atomic E-state index is 0.381. The molecule has 0 bridgehead atoms. The smallest absolute Gasteiger partial charge is 0.324 e. The predicted molar refractivity (Wildman–Crippen MR) is 136 cm³/mol. The molecule has 3 aromatic heterocycles. The summed E-state index contributed by atoms with van der Waals surface area (Å²) in [5.41, 5.74) is 11.1. The van der Waals surface area contributed by atoms with E-state index in [1.807, 2.05) is 23.6 Å². The molecule has 1 saturated heterocycles. The van der Waals surface area contributed by atoms with E-state index in [0.717, 1.165) is 41.0 Å². The summed E-state index contributed by atoms with van der Waals surface area (Å²) < 4.78 is 7.29. The van der Waals surface area contributed by atoms with E-state index >= 15 is 0 Å². The summed E-state index contributed by atoms with van der Waals surface area (Å²) in [5, 5.41) is 10.3. The van der Waals surface area contributed by atoms with Crippen LogP contribution in [0.1, 0.15) is 11.3 Å². The molecule has 11 heteroatoms. The maximum absolute atomic E-state index is 12.4. The molecule has 35 heavy (non-hydrogen) atoms. The number of pyridine rings is 1. The van der Waals surface area contributed by atoms with Gasteiger partial charge in [-0.05, 0) is 48.4 Å². The molecule has 0 spiro atoms. The van der Waals surface area contributed by atoms with E-state index in [-0.39, 0.29) is 0 Å². The molecule has 2 amide bonds. The lowest BCUT2D eigenvalue weighted by Gasteiger charge is -2.26. The highest BCUT2D eigenvalue weighted by atomic mass is 35.5. The topological polar surface area (TPSA) is 123 Å². The third-order valence-corrected chi connectivity index (χ3v) is 6.14. The van der Waals surface area contributed by atoms with Gasteiger partial charge >= 0.3 is 6.03 Å². The molecule has 0 unspecified atom stereocenters. The van der Waals surface area contributed by atoms with Crippen LogP contribution in [0.4, 0.5) is 22.1 Å². The number of aromatic nitrogens is 4. The average Bonchev–Trinajstić information content (AvgIpc) is 3.20. The Kier molecular flexibility index (Phi) is 6.49. The van der Waals surface area contributed by atoms with Crippen molar-refractivity contribution in [2.24, 2.45) is 0 Å². The number of ether oxygens (including phenoxy) is 1. The number of nitrogens with one attached hydrogen (secondary N) is 2. The third-order valence-electron chi connectivity index (χ3n) is 5.83. The minimum atomic E-state index is -0.433. The number of nitrogens with zero attached hydrogens (tertiary/aromatic N) is 5. The zero-order valence-electron chi connectivity index (χ0n) is 19.2. The lowest BCUT2D eigenvalue weighted by atomic mass is 10.1. The van der Waals surface area contributed by atoms with Crippen molar-refractivity contribution in [3.63, 3.8) is 0 Å². The zero-order valence-corrected chi connectivity index (χ0v) is 19.9. The van der Waals surface area contributed by atoms with Crippen molar-refractivity contribution in [1.82, 2.24) is 24.5 Å². The van der Waals surface area contributed by atoms with Gasteiger partial charge in [-0.2, -0.15) is 5.10 Å². The van der Waals surface area contributed by atoms with Crippen LogP contribution in [-0.2, 0) is 11.3 Å². The number of nitrogens with two attached hydrogens (primary N) is 1. The molecule has 10 nitrogen and oxygen atoms in total. The monoisotopic (exact) mass is 492 g/mol. The number of urea groups is 1. The fourth-order valence-corrected chi connectivity index (χ4v) is 4.34. The third kappa shape index (κ3) is 5.04. The van der Waals surface area contributed by atoms with E-state index < -0.39 is 6.03 Å². The zero-order chi connectivity index (χ0) is 24.4. The van der Waals surface area contributed by atoms with Crippen LogP contribution in [0, 0.1) is 6.92 Å². The van der Waals surface area contributed by atoms with E-state index in [9.17, 15) is 4.79 Å². The number of nitrogen functional groups attached to an aromatic ring is 1. The van der Waals surface area contributed by atoms with Gasteiger partial charge in [-0.15, -0.1) is 0 Å². The quantitative estimate of drug-likeness (QED) is 0.387. The molecule has 1 aliphatic heterocycles. The number of hydrogen-bond donors (Lipinski definition) is 3. The van der Waals surface area contributed by atoms with Gasteiger partial charge in [-0.25, -0.2) is 19.3 Å². The normalized spacial score (nSPS) is 14.2. The number of benzene rings is 1. The Labute approximate surface area is 207 Å². The van der Waals surface area contributed by atoms with Crippen LogP contribution in [0.15, 0.2) is 48.9 Å². The van der Waals surface area contributed by atoms with Gasteiger partial charge in [0.25, 0.3) is 0 Å². The molecule has 1 aliphatic rings. The van der Waals surface area contributed by atoms with Crippen LogP contribution in [0.3, 0.4) is 0 Å². The molecule has 1 aromatic carbocycles. The Morgan fingerprint density at radius 3 is 2.74 bits per heavy atom. The van der Waals surface area contributed by atoms with Crippen molar-refractivity contribution >= 4 is 40.5 Å². The number of fused-ring (bicyclic) bond motifs is 1. The number of morpholine rings is 1. The molecule has 4 N–H and O–H groups in total. The molecule has 0 atom stereocenters. The van der Waals surface area contributed by atoms with E-state index in [0.29, 0.717) is 42.1 Å². The second-order valence-electron chi connectivity index (χ2n) is 8.34. The van der Waals surface area contributed by atoms with E-state index in [1.165, 1.54) is 6.33 Å². The maximum atomic E-state index is 12.4. The SMILES string of the molecule is Cc1ccnc(NC(=O)Nc2ccc(-c3cc(CN4CCOCC4)n4ncnc(N)c34)cc2Cl)c1. The molecule has 180 valence electrons. The minimum Gasteiger partial charge on any atom is -0.382 e. The van der Waals surface area contributed by atoms with Crippen LogP contribution in [0.25, 0.3) is 16.6 Å². The van der Waals surface area contributed by atoms with Gasteiger partial charge in [0, 0.05) is 31.4 Å². The van der Waals surface area contributed by atoms with Crippen LogP contribution >= 0.6 is 11.6 Å². The number of hydrogen-bond acceptors (Lipinski definition) is 7. The molecule has 4 heterocycles. The Hall–Kier alpha value is -3.73. The molecular weight excluding hydrogens is 468 g/mol. The van der Waals surface area contributed by atoms with Gasteiger partial charge in [-0.1, -0.05) is 17.7 Å². The highest BCUT2D eigenvalue weighted by molar-refractivity contribution is 6.34. The van der Waals surface area contributed by atoms with Gasteiger partial charge in [-0.3, -0.25) is 10.2 Å². The highest BCUT2D eigenvalue weighted by Gasteiger charge is 2.19. The van der Waals surface area contributed by atoms with Crippen molar-refractivity contribution in [1.29, 1.82) is 0 Å². The van der Waals surface area contributed by atoms with Crippen molar-refractivity contribution in [3.8, 4) is 11.1 Å². The molecule has 0 radical (unpaired) electrons. The average molecular weight is 493 g/mol. The Balaban J connectivity index is 1.41. The molecule has 4 aromatic rings. The second kappa shape index (κ2) is 9.87. The summed E-state index contributed by atoms with van der Waals surface area (Å²) in [7, 11) is 0. The Morgan fingerprint density at radius 1 is 1.14 bits per heavy atom. The van der Waals surface area contributed by atoms with Crippen LogP contribution in [-0.4, -0.2) is 56.8 Å². The molecular formula is C24H25ClN8O2. The van der Waals surface area contributed by atoms with Crippen molar-refractivity contribution in [2.75, 3.05) is 42.7 Å². The number of rotatable bonds is 5. The van der Waals surface area contributed by atoms with Gasteiger partial charge < -0.3 is 15.8 Å². The molecule has 0 aliphatic carbocycles. The molecule has 0 saturated carbocycles. The first kappa shape index (κ1) is 23.0. The van der Waals surface area contributed by atoms with E-state index in [4.69, 9.17) is 22.1 Å². The van der Waals surface area contributed by atoms with Crippen molar-refractivity contribution in [2.45, 2.75) is 13.5 Å². The van der Waals surface area contributed by atoms with Gasteiger partial charge in [0.05, 0.1) is 29.6 Å². The first-order valence-corrected chi connectivity index (χ1v) is 11.6. The second-order valence-corrected chi connectivity index (χ2v) is 8.74. The van der Waals surface area contributed by atoms with Gasteiger partial charge in [0.1, 0.15) is 17.7 Å². The lowest BCUT2D eigenvalue weighted by molar-refractivity contribution is 0.0334. The Morgan fingerprint density at radius 2 is 1.97 bits per heavy atom. The van der Waals surface area contributed by atoms with Crippen LogP contribution in [0.2, 0.25) is 5.02 Å². The number of amides is 2. The number of carbonyl (C=O) groups is 1. The first-order valence-electron chi connectivity index (χ1n) is 11.2. The Bertz CT molecular complexity index is 1380. The summed E-state index contributed by atoms with van der Waals surface area (Å²) >= 11 is 6.56. The largest absolute Gasteiger partial charge is 0.382 e. The van der Waals surface area contributed by atoms with Gasteiger partial charge in [0.2, 0.25) is 0 Å². The number of anilines is 3. The highest BCUT2D eigenvalue weighted by Crippen LogP contribution is 2.34. The molecule has 1 fully saturated rings. The van der Waals surface area contributed by atoms with E-state index in [2.05, 4.69) is 36.7 Å². The summed E-state index contributed by atoms with van der Waals surface area (Å²) in [6.45, 7) is 5.78. The number of halogens is 1. The standard InChI is InChI=1S/C24H25ClN8O2/c1-15-4-5-27-21(10-15)31-24(34)30-20-3-2-16(11-19(20)25)18-12-17(13-32-6-8-35-9-7-32)33-22(18)23(26)28-14-29-33/h2-5,10-12,14H,6-9,13H2,1H3,(H2,26,28,29)(H2,27,30,31,34). The van der Waals surface area contributed by atoms with E-state index in [1.54, 1.807) is 24.4 Å². The van der Waals surface area contributed by atoms with Crippen molar-refractivity contribution < 1.29 is 9.53 Å². The number of carbonyl (C=O) groups excluding carboxylic acids is 1. The van der Waals surface area contributed by atoms with Gasteiger partial charge in [0.15, 0.2) is 5.82 Å². The fraction of sp³-hybridized carbons (Fsp3) is 0.250.